The van der Waals surface area contributed by atoms with Crippen molar-refractivity contribution >= 4 is 5.91 Å². The van der Waals surface area contributed by atoms with Crippen molar-refractivity contribution in [3.05, 3.63) is 54.1 Å². The minimum absolute atomic E-state index is 0.129. The first kappa shape index (κ1) is 16.7. The van der Waals surface area contributed by atoms with Gasteiger partial charge in [-0.05, 0) is 31.4 Å². The van der Waals surface area contributed by atoms with Gasteiger partial charge in [0.1, 0.15) is 5.82 Å². The summed E-state index contributed by atoms with van der Waals surface area (Å²) in [5, 5.41) is 3.09. The van der Waals surface area contributed by atoms with Crippen LogP contribution in [0.3, 0.4) is 0 Å². The first-order chi connectivity index (χ1) is 11.7. The highest BCUT2D eigenvalue weighted by Gasteiger charge is 2.22. The molecule has 0 spiro atoms. The molecule has 0 aliphatic carbocycles. The average molecular weight is 326 g/mol. The summed E-state index contributed by atoms with van der Waals surface area (Å²) in [6, 6.07) is 10.6. The van der Waals surface area contributed by atoms with Gasteiger partial charge in [0.15, 0.2) is 0 Å². The molecule has 2 aromatic rings. The van der Waals surface area contributed by atoms with Gasteiger partial charge in [-0.2, -0.15) is 0 Å². The number of amides is 1. The zero-order valence-electron chi connectivity index (χ0n) is 14.3. The predicted octanol–water partition coefficient (Wildman–Crippen LogP) is 2.22. The van der Waals surface area contributed by atoms with Gasteiger partial charge in [-0.15, -0.1) is 0 Å². The molecule has 1 aromatic heterocycles. The summed E-state index contributed by atoms with van der Waals surface area (Å²) < 4.78 is 2.01. The van der Waals surface area contributed by atoms with E-state index in [-0.39, 0.29) is 5.91 Å². The van der Waals surface area contributed by atoms with Gasteiger partial charge < -0.3 is 9.88 Å². The summed E-state index contributed by atoms with van der Waals surface area (Å²) >= 11 is 0. The number of carbonyl (C=O) groups excluding carboxylic acids is 1. The number of nitrogens with zero attached hydrogens (tertiary/aromatic N) is 3. The van der Waals surface area contributed by atoms with Crippen LogP contribution in [0.2, 0.25) is 0 Å². The summed E-state index contributed by atoms with van der Waals surface area (Å²) in [4.78, 5) is 18.7. The maximum atomic E-state index is 12.0. The monoisotopic (exact) mass is 326 g/mol. The Labute approximate surface area is 143 Å². The lowest BCUT2D eigenvalue weighted by molar-refractivity contribution is -0.121. The van der Waals surface area contributed by atoms with Gasteiger partial charge in [-0.1, -0.05) is 30.3 Å². The van der Waals surface area contributed by atoms with E-state index in [4.69, 9.17) is 0 Å². The molecule has 5 nitrogen and oxygen atoms in total. The molecule has 1 aliphatic rings. The summed E-state index contributed by atoms with van der Waals surface area (Å²) in [6.07, 6.45) is 5.36. The Morgan fingerprint density at radius 3 is 2.92 bits per heavy atom. The fourth-order valence-electron chi connectivity index (χ4n) is 3.27. The number of nitrogens with one attached hydrogen (secondary N) is 1. The molecule has 5 heteroatoms. The molecule has 3 rings (SSSR count). The highest BCUT2D eigenvalue weighted by molar-refractivity contribution is 5.75. The molecule has 2 heterocycles. The van der Waals surface area contributed by atoms with E-state index in [2.05, 4.69) is 45.5 Å². The Morgan fingerprint density at radius 1 is 1.33 bits per heavy atom. The van der Waals surface area contributed by atoms with Crippen molar-refractivity contribution < 1.29 is 4.79 Å². The molecule has 128 valence electrons. The van der Waals surface area contributed by atoms with Crippen molar-refractivity contribution in [2.75, 3.05) is 19.6 Å². The lowest BCUT2D eigenvalue weighted by Gasteiger charge is -2.16. The average Bonchev–Trinajstić information content (AvgIpc) is 3.21. The zero-order chi connectivity index (χ0) is 16.8. The van der Waals surface area contributed by atoms with Crippen molar-refractivity contribution in [1.29, 1.82) is 0 Å². The molecule has 1 amide bonds. The summed E-state index contributed by atoms with van der Waals surface area (Å²) in [5.41, 5.74) is 1.36. The summed E-state index contributed by atoms with van der Waals surface area (Å²) in [5.74, 6) is 1.65. The molecule has 0 unspecified atom stereocenters. The third kappa shape index (κ3) is 4.68. The third-order valence-corrected chi connectivity index (χ3v) is 4.71. The highest BCUT2D eigenvalue weighted by Crippen LogP contribution is 2.18. The minimum atomic E-state index is 0.129. The summed E-state index contributed by atoms with van der Waals surface area (Å²) in [7, 11) is 0. The van der Waals surface area contributed by atoms with Crippen LogP contribution >= 0.6 is 0 Å². The first-order valence-electron chi connectivity index (χ1n) is 8.71. The van der Waals surface area contributed by atoms with E-state index in [9.17, 15) is 4.79 Å². The van der Waals surface area contributed by atoms with Crippen molar-refractivity contribution in [1.82, 2.24) is 19.8 Å². The Morgan fingerprint density at radius 2 is 2.17 bits per heavy atom. The van der Waals surface area contributed by atoms with Gasteiger partial charge in [0, 0.05) is 45.0 Å². The van der Waals surface area contributed by atoms with Crippen molar-refractivity contribution in [2.45, 2.75) is 32.9 Å². The molecular weight excluding hydrogens is 300 g/mol. The third-order valence-electron chi connectivity index (χ3n) is 4.71. The largest absolute Gasteiger partial charge is 0.356 e. The Hall–Kier alpha value is -2.14. The van der Waals surface area contributed by atoms with E-state index in [1.54, 1.807) is 6.20 Å². The van der Waals surface area contributed by atoms with Crippen LogP contribution in [-0.4, -0.2) is 40.0 Å². The number of imidazole rings is 1. The van der Waals surface area contributed by atoms with Crippen LogP contribution < -0.4 is 5.32 Å². The van der Waals surface area contributed by atoms with Gasteiger partial charge in [0.05, 0.1) is 0 Å². The summed E-state index contributed by atoms with van der Waals surface area (Å²) in [6.45, 7) is 6.62. The van der Waals surface area contributed by atoms with Gasteiger partial charge in [-0.25, -0.2) is 4.98 Å². The standard InChI is InChI=1S/C19H26N4O/c1-16-20-9-12-23(16)11-8-19(24)21-13-18-7-10-22(15-18)14-17-5-3-2-4-6-17/h2-6,9,12,18H,7-8,10-11,13-15H2,1H3,(H,21,24)/t18-/m0/s1. The first-order valence-corrected chi connectivity index (χ1v) is 8.71. The highest BCUT2D eigenvalue weighted by atomic mass is 16.1. The van der Waals surface area contributed by atoms with Gasteiger partial charge >= 0.3 is 0 Å². The molecule has 24 heavy (non-hydrogen) atoms. The second-order valence-corrected chi connectivity index (χ2v) is 6.60. The van der Waals surface area contributed by atoms with Crippen LogP contribution in [0.15, 0.2) is 42.7 Å². The molecule has 0 saturated carbocycles. The molecule has 1 fully saturated rings. The van der Waals surface area contributed by atoms with Crippen molar-refractivity contribution in [2.24, 2.45) is 5.92 Å². The number of hydrogen-bond acceptors (Lipinski definition) is 3. The number of benzene rings is 1. The SMILES string of the molecule is Cc1nccn1CCC(=O)NC[C@@H]1CCN(Cc2ccccc2)C1. The topological polar surface area (TPSA) is 50.2 Å². The second-order valence-electron chi connectivity index (χ2n) is 6.60. The quantitative estimate of drug-likeness (QED) is 0.849. The smallest absolute Gasteiger partial charge is 0.221 e. The van der Waals surface area contributed by atoms with Crippen molar-refractivity contribution in [3.63, 3.8) is 0 Å². The van der Waals surface area contributed by atoms with E-state index in [1.807, 2.05) is 17.7 Å². The maximum absolute atomic E-state index is 12.0. The fraction of sp³-hybridized carbons (Fsp3) is 0.474. The molecule has 1 aromatic carbocycles. The number of likely N-dealkylation sites (tertiary alicyclic amines) is 1. The van der Waals surface area contributed by atoms with E-state index in [0.29, 0.717) is 18.9 Å². The normalized spacial score (nSPS) is 18.0. The molecule has 1 atom stereocenters. The molecule has 0 bridgehead atoms. The molecule has 1 aliphatic heterocycles. The zero-order valence-corrected chi connectivity index (χ0v) is 14.3. The number of hydrogen-bond donors (Lipinski definition) is 1. The van der Waals surface area contributed by atoms with E-state index in [0.717, 1.165) is 38.4 Å². The lowest BCUT2D eigenvalue weighted by atomic mass is 10.1. The Kier molecular flexibility index (Phi) is 5.64. The lowest BCUT2D eigenvalue weighted by Crippen LogP contribution is -2.31. The van der Waals surface area contributed by atoms with Crippen molar-refractivity contribution in [3.8, 4) is 0 Å². The van der Waals surface area contributed by atoms with Crippen LogP contribution in [0.4, 0.5) is 0 Å². The number of aryl methyl sites for hydroxylation is 2. The van der Waals surface area contributed by atoms with Crippen LogP contribution in [-0.2, 0) is 17.9 Å². The Bertz CT molecular complexity index is 652. The minimum Gasteiger partial charge on any atom is -0.356 e. The maximum Gasteiger partial charge on any atom is 0.221 e. The predicted molar refractivity (Wildman–Crippen MR) is 94.4 cm³/mol. The molecular formula is C19H26N4O. The molecule has 1 saturated heterocycles. The molecule has 0 radical (unpaired) electrons. The van der Waals surface area contributed by atoms with Gasteiger partial charge in [-0.3, -0.25) is 9.69 Å². The number of aromatic nitrogens is 2. The van der Waals surface area contributed by atoms with Crippen LogP contribution in [0, 0.1) is 12.8 Å². The second kappa shape index (κ2) is 8.11. The van der Waals surface area contributed by atoms with E-state index in [1.165, 1.54) is 5.56 Å². The molecule has 1 N–H and O–H groups in total. The van der Waals surface area contributed by atoms with E-state index < -0.39 is 0 Å². The van der Waals surface area contributed by atoms with E-state index >= 15 is 0 Å². The number of rotatable bonds is 7. The number of carbonyl (C=O) groups is 1. The van der Waals surface area contributed by atoms with Crippen LogP contribution in [0.5, 0.6) is 0 Å². The fourth-order valence-corrected chi connectivity index (χ4v) is 3.27. The van der Waals surface area contributed by atoms with Gasteiger partial charge in [0.25, 0.3) is 0 Å². The van der Waals surface area contributed by atoms with Gasteiger partial charge in [0.2, 0.25) is 5.91 Å². The van der Waals surface area contributed by atoms with Crippen LogP contribution in [0.25, 0.3) is 0 Å². The Balaban J connectivity index is 1.35. The van der Waals surface area contributed by atoms with Crippen LogP contribution in [0.1, 0.15) is 24.2 Å².